The molecule has 29 heavy (non-hydrogen) atoms. The molecule has 1 aromatic rings. The maximum atomic E-state index is 6.55. The number of likely N-dealkylation sites (tertiary alicyclic amines) is 1. The molecule has 6 nitrogen and oxygen atoms in total. The van der Waals surface area contributed by atoms with Gasteiger partial charge in [0.2, 0.25) is 0 Å². The van der Waals surface area contributed by atoms with Gasteiger partial charge < -0.3 is 15.0 Å². The van der Waals surface area contributed by atoms with Crippen LogP contribution in [-0.4, -0.2) is 92.8 Å². The van der Waals surface area contributed by atoms with Crippen molar-refractivity contribution in [2.45, 2.75) is 32.4 Å². The number of guanidine groups is 1. The summed E-state index contributed by atoms with van der Waals surface area (Å²) in [5.74, 6) is 0.991. The fourth-order valence-corrected chi connectivity index (χ4v) is 4.80. The van der Waals surface area contributed by atoms with Gasteiger partial charge in [-0.1, -0.05) is 43.6 Å². The molecule has 1 N–H and O–H groups in total. The summed E-state index contributed by atoms with van der Waals surface area (Å²) in [6, 6.07) is 9.00. The van der Waals surface area contributed by atoms with Gasteiger partial charge in [0.15, 0.2) is 5.96 Å². The van der Waals surface area contributed by atoms with Crippen molar-refractivity contribution in [3.63, 3.8) is 0 Å². The number of ether oxygens (including phenoxy) is 1. The van der Waals surface area contributed by atoms with E-state index in [1.807, 2.05) is 19.2 Å². The molecule has 162 valence electrons. The Hall–Kier alpha value is -1.34. The highest BCUT2D eigenvalue weighted by molar-refractivity contribution is 6.31. The molecular formula is C22H36ClN5O. The predicted molar refractivity (Wildman–Crippen MR) is 121 cm³/mol. The molecule has 2 saturated heterocycles. The third-order valence-corrected chi connectivity index (χ3v) is 6.55. The van der Waals surface area contributed by atoms with Crippen molar-refractivity contribution in [3.05, 3.63) is 34.9 Å². The lowest BCUT2D eigenvalue weighted by Gasteiger charge is -2.33. The van der Waals surface area contributed by atoms with Crippen LogP contribution in [0.15, 0.2) is 29.3 Å². The first kappa shape index (κ1) is 22.3. The second-order valence-corrected chi connectivity index (χ2v) is 8.13. The van der Waals surface area contributed by atoms with E-state index in [0.29, 0.717) is 6.04 Å². The number of aliphatic imine (C=N–C) groups is 1. The molecule has 0 radical (unpaired) electrons. The lowest BCUT2D eigenvalue weighted by Crippen LogP contribution is -2.48. The van der Waals surface area contributed by atoms with Crippen molar-refractivity contribution in [1.82, 2.24) is 20.0 Å². The Morgan fingerprint density at radius 2 is 1.97 bits per heavy atom. The monoisotopic (exact) mass is 421 g/mol. The summed E-state index contributed by atoms with van der Waals surface area (Å²) in [6.45, 7) is 13.0. The number of nitrogens with zero attached hydrogens (tertiary/aromatic N) is 4. The molecule has 0 saturated carbocycles. The van der Waals surface area contributed by atoms with E-state index < -0.39 is 0 Å². The van der Waals surface area contributed by atoms with Crippen LogP contribution in [0, 0.1) is 0 Å². The number of rotatable bonds is 7. The van der Waals surface area contributed by atoms with Crippen LogP contribution in [0.1, 0.15) is 31.9 Å². The maximum absolute atomic E-state index is 6.55. The van der Waals surface area contributed by atoms with Gasteiger partial charge in [-0.25, -0.2) is 0 Å². The van der Waals surface area contributed by atoms with E-state index in [2.05, 4.69) is 51.0 Å². The van der Waals surface area contributed by atoms with Crippen molar-refractivity contribution in [1.29, 1.82) is 0 Å². The molecule has 0 spiro atoms. The standard InChI is InChI=1S/C22H36ClN5O/c1-4-26(5-2)21(19-8-6-7-9-20(19)23)16-25-22(24-3)28-11-10-18(17-28)27-12-14-29-15-13-27/h6-9,18,21H,4-5,10-17H2,1-3H3,(H,24,25). The number of benzene rings is 1. The van der Waals surface area contributed by atoms with Gasteiger partial charge in [-0.05, 0) is 31.1 Å². The highest BCUT2D eigenvalue weighted by Gasteiger charge is 2.30. The van der Waals surface area contributed by atoms with Crippen molar-refractivity contribution >= 4 is 17.6 Å². The minimum atomic E-state index is 0.216. The number of likely N-dealkylation sites (N-methyl/N-ethyl adjacent to an activating group) is 1. The number of hydrogen-bond donors (Lipinski definition) is 1. The third kappa shape index (κ3) is 5.63. The van der Waals surface area contributed by atoms with E-state index in [0.717, 1.165) is 70.0 Å². The summed E-state index contributed by atoms with van der Waals surface area (Å²) in [6.07, 6.45) is 1.19. The molecule has 3 rings (SSSR count). The number of nitrogens with one attached hydrogen (secondary N) is 1. The van der Waals surface area contributed by atoms with Gasteiger partial charge in [0.25, 0.3) is 0 Å². The quantitative estimate of drug-likeness (QED) is 0.541. The molecule has 2 atom stereocenters. The van der Waals surface area contributed by atoms with Crippen LogP contribution >= 0.6 is 11.6 Å². The summed E-state index contributed by atoms with van der Waals surface area (Å²) in [5, 5.41) is 4.47. The SMILES string of the molecule is CCN(CC)C(CNC(=NC)N1CCC(N2CCOCC2)C1)c1ccccc1Cl. The van der Waals surface area contributed by atoms with Crippen LogP contribution in [0.25, 0.3) is 0 Å². The van der Waals surface area contributed by atoms with Crippen molar-refractivity contribution in [2.75, 3.05) is 66.1 Å². The Balaban J connectivity index is 1.64. The molecule has 2 unspecified atom stereocenters. The summed E-state index contributed by atoms with van der Waals surface area (Å²) in [4.78, 5) is 12.0. The first-order chi connectivity index (χ1) is 14.2. The average Bonchev–Trinajstić information content (AvgIpc) is 3.25. The maximum Gasteiger partial charge on any atom is 0.193 e. The molecule has 2 aliphatic heterocycles. The summed E-state index contributed by atoms with van der Waals surface area (Å²) in [5.41, 5.74) is 1.17. The number of hydrogen-bond acceptors (Lipinski definition) is 4. The highest BCUT2D eigenvalue weighted by Crippen LogP contribution is 2.27. The molecular weight excluding hydrogens is 386 g/mol. The van der Waals surface area contributed by atoms with E-state index >= 15 is 0 Å². The number of halogens is 1. The second-order valence-electron chi connectivity index (χ2n) is 7.72. The zero-order valence-electron chi connectivity index (χ0n) is 18.1. The van der Waals surface area contributed by atoms with Gasteiger partial charge in [-0.2, -0.15) is 0 Å². The second kappa shape index (κ2) is 11.2. The Morgan fingerprint density at radius 1 is 1.24 bits per heavy atom. The Morgan fingerprint density at radius 3 is 2.62 bits per heavy atom. The molecule has 0 aromatic heterocycles. The normalized spacial score (nSPS) is 22.3. The van der Waals surface area contributed by atoms with Gasteiger partial charge in [0.1, 0.15) is 0 Å². The zero-order valence-corrected chi connectivity index (χ0v) is 18.9. The van der Waals surface area contributed by atoms with E-state index in [4.69, 9.17) is 16.3 Å². The first-order valence-electron chi connectivity index (χ1n) is 10.9. The molecule has 0 bridgehead atoms. The topological polar surface area (TPSA) is 43.3 Å². The number of morpholine rings is 1. The zero-order chi connectivity index (χ0) is 20.6. The van der Waals surface area contributed by atoms with Crippen LogP contribution < -0.4 is 5.32 Å². The Bertz CT molecular complexity index is 660. The smallest absolute Gasteiger partial charge is 0.193 e. The van der Waals surface area contributed by atoms with Gasteiger partial charge in [0, 0.05) is 50.8 Å². The van der Waals surface area contributed by atoms with Crippen molar-refractivity contribution in [2.24, 2.45) is 4.99 Å². The lowest BCUT2D eigenvalue weighted by atomic mass is 10.0. The average molecular weight is 422 g/mol. The van der Waals surface area contributed by atoms with Crippen LogP contribution in [0.5, 0.6) is 0 Å². The summed E-state index contributed by atoms with van der Waals surface area (Å²) in [7, 11) is 1.88. The fraction of sp³-hybridized carbons (Fsp3) is 0.682. The molecule has 0 amide bonds. The Kier molecular flexibility index (Phi) is 8.60. The largest absolute Gasteiger partial charge is 0.379 e. The first-order valence-corrected chi connectivity index (χ1v) is 11.3. The van der Waals surface area contributed by atoms with Gasteiger partial charge in [0.05, 0.1) is 19.3 Å². The van der Waals surface area contributed by atoms with Crippen LogP contribution in [-0.2, 0) is 4.74 Å². The van der Waals surface area contributed by atoms with E-state index in [1.165, 1.54) is 12.0 Å². The summed E-state index contributed by atoms with van der Waals surface area (Å²) < 4.78 is 5.51. The third-order valence-electron chi connectivity index (χ3n) is 6.21. The van der Waals surface area contributed by atoms with Crippen molar-refractivity contribution < 1.29 is 4.74 Å². The molecule has 2 aliphatic rings. The summed E-state index contributed by atoms with van der Waals surface area (Å²) >= 11 is 6.55. The Labute approximate surface area is 180 Å². The molecule has 7 heteroatoms. The molecule has 2 heterocycles. The van der Waals surface area contributed by atoms with Gasteiger partial charge in [-0.3, -0.25) is 14.8 Å². The minimum absolute atomic E-state index is 0.216. The van der Waals surface area contributed by atoms with Gasteiger partial charge in [-0.15, -0.1) is 0 Å². The minimum Gasteiger partial charge on any atom is -0.379 e. The highest BCUT2D eigenvalue weighted by atomic mass is 35.5. The van der Waals surface area contributed by atoms with E-state index in [1.54, 1.807) is 0 Å². The molecule has 2 fully saturated rings. The van der Waals surface area contributed by atoms with E-state index in [9.17, 15) is 0 Å². The van der Waals surface area contributed by atoms with Crippen LogP contribution in [0.2, 0.25) is 5.02 Å². The van der Waals surface area contributed by atoms with E-state index in [-0.39, 0.29) is 6.04 Å². The predicted octanol–water partition coefficient (Wildman–Crippen LogP) is 2.70. The molecule has 1 aromatic carbocycles. The van der Waals surface area contributed by atoms with Gasteiger partial charge >= 0.3 is 0 Å². The van der Waals surface area contributed by atoms with Crippen LogP contribution in [0.3, 0.4) is 0 Å². The molecule has 0 aliphatic carbocycles. The van der Waals surface area contributed by atoms with Crippen molar-refractivity contribution in [3.8, 4) is 0 Å². The lowest BCUT2D eigenvalue weighted by molar-refractivity contribution is 0.0194. The van der Waals surface area contributed by atoms with Crippen LogP contribution in [0.4, 0.5) is 0 Å². The fourth-order valence-electron chi connectivity index (χ4n) is 4.54.